The first kappa shape index (κ1) is 17.2. The third-order valence-electron chi connectivity index (χ3n) is 3.45. The fourth-order valence-corrected chi connectivity index (χ4v) is 2.35. The molecule has 1 aliphatic rings. The van der Waals surface area contributed by atoms with Gasteiger partial charge in [0, 0.05) is 19.0 Å². The van der Waals surface area contributed by atoms with E-state index in [-0.39, 0.29) is 31.5 Å². The van der Waals surface area contributed by atoms with Crippen molar-refractivity contribution in [3.8, 4) is 17.2 Å². The third kappa shape index (κ3) is 4.67. The second-order valence-electron chi connectivity index (χ2n) is 5.28. The SMILES string of the molecule is O=C(Cl)CCCNC(=O)c1ccc(COc2ccc3c(c2)OCO3)o1. The lowest BCUT2D eigenvalue weighted by molar-refractivity contribution is -0.111. The summed E-state index contributed by atoms with van der Waals surface area (Å²) in [4.78, 5) is 22.5. The summed E-state index contributed by atoms with van der Waals surface area (Å²) in [7, 11) is 0. The zero-order valence-corrected chi connectivity index (χ0v) is 14.0. The minimum absolute atomic E-state index is 0.174. The highest BCUT2D eigenvalue weighted by atomic mass is 35.5. The molecule has 25 heavy (non-hydrogen) atoms. The first-order valence-corrected chi connectivity index (χ1v) is 8.07. The summed E-state index contributed by atoms with van der Waals surface area (Å²) in [6.07, 6.45) is 0.698. The van der Waals surface area contributed by atoms with Gasteiger partial charge in [-0.2, -0.15) is 0 Å². The fourth-order valence-electron chi connectivity index (χ4n) is 2.22. The summed E-state index contributed by atoms with van der Waals surface area (Å²) in [6.45, 7) is 0.725. The van der Waals surface area contributed by atoms with Crippen molar-refractivity contribution < 1.29 is 28.2 Å². The summed E-state index contributed by atoms with van der Waals surface area (Å²) in [5.41, 5.74) is 0. The maximum Gasteiger partial charge on any atom is 0.286 e. The van der Waals surface area contributed by atoms with Crippen LogP contribution in [0.4, 0.5) is 0 Å². The van der Waals surface area contributed by atoms with Crippen LogP contribution in [0.1, 0.15) is 29.2 Å². The fraction of sp³-hybridized carbons (Fsp3) is 0.294. The van der Waals surface area contributed by atoms with Crippen LogP contribution in [0, 0.1) is 0 Å². The minimum atomic E-state index is -0.421. The van der Waals surface area contributed by atoms with Crippen LogP contribution in [0.3, 0.4) is 0 Å². The molecule has 0 fully saturated rings. The van der Waals surface area contributed by atoms with Gasteiger partial charge in [0.1, 0.15) is 18.1 Å². The number of benzene rings is 1. The molecular formula is C17H16ClNO6. The summed E-state index contributed by atoms with van der Waals surface area (Å²) < 4.78 is 21.6. The van der Waals surface area contributed by atoms with E-state index in [0.29, 0.717) is 36.0 Å². The second-order valence-corrected chi connectivity index (χ2v) is 5.71. The predicted octanol–water partition coefficient (Wildman–Crippen LogP) is 2.86. The van der Waals surface area contributed by atoms with Gasteiger partial charge >= 0.3 is 0 Å². The van der Waals surface area contributed by atoms with Crippen LogP contribution in [-0.4, -0.2) is 24.5 Å². The number of ether oxygens (including phenoxy) is 3. The maximum atomic E-state index is 11.9. The van der Waals surface area contributed by atoms with E-state index in [1.165, 1.54) is 0 Å². The van der Waals surface area contributed by atoms with E-state index >= 15 is 0 Å². The summed E-state index contributed by atoms with van der Waals surface area (Å²) >= 11 is 5.23. The van der Waals surface area contributed by atoms with Crippen molar-refractivity contribution in [2.45, 2.75) is 19.4 Å². The Hall–Kier alpha value is -2.67. The summed E-state index contributed by atoms with van der Waals surface area (Å²) in [5.74, 6) is 2.27. The van der Waals surface area contributed by atoms with Crippen molar-refractivity contribution in [3.05, 3.63) is 41.9 Å². The Labute approximate surface area is 148 Å². The molecule has 3 rings (SSSR count). The van der Waals surface area contributed by atoms with Gasteiger partial charge in [0.2, 0.25) is 12.0 Å². The number of halogens is 1. The molecule has 8 heteroatoms. The molecule has 1 aromatic heterocycles. The molecule has 1 amide bonds. The molecule has 0 spiro atoms. The number of amides is 1. The quantitative estimate of drug-likeness (QED) is 0.571. The highest BCUT2D eigenvalue weighted by Crippen LogP contribution is 2.35. The van der Waals surface area contributed by atoms with Gasteiger partial charge in [0.15, 0.2) is 17.3 Å². The lowest BCUT2D eigenvalue weighted by atomic mass is 10.3. The molecule has 1 aromatic carbocycles. The number of carbonyl (C=O) groups is 2. The molecule has 2 heterocycles. The molecule has 0 unspecified atom stereocenters. The van der Waals surface area contributed by atoms with Crippen LogP contribution in [0.2, 0.25) is 0 Å². The van der Waals surface area contributed by atoms with Crippen LogP contribution in [-0.2, 0) is 11.4 Å². The average Bonchev–Trinajstić information content (AvgIpc) is 3.25. The predicted molar refractivity (Wildman–Crippen MR) is 88.0 cm³/mol. The largest absolute Gasteiger partial charge is 0.486 e. The number of rotatable bonds is 8. The lowest BCUT2D eigenvalue weighted by Crippen LogP contribution is -2.24. The van der Waals surface area contributed by atoms with Gasteiger partial charge < -0.3 is 23.9 Å². The van der Waals surface area contributed by atoms with Gasteiger partial charge in [-0.05, 0) is 42.3 Å². The molecule has 7 nitrogen and oxygen atoms in total. The standard InChI is InChI=1S/C17H16ClNO6/c18-16(20)2-1-7-19-17(21)14-6-4-12(25-14)9-22-11-3-5-13-15(8-11)24-10-23-13/h3-6,8H,1-2,7,9-10H2,(H,19,21). The molecule has 132 valence electrons. The Bertz CT molecular complexity index is 772. The Morgan fingerprint density at radius 3 is 2.84 bits per heavy atom. The average molecular weight is 366 g/mol. The zero-order valence-electron chi connectivity index (χ0n) is 13.2. The Balaban J connectivity index is 1.48. The highest BCUT2D eigenvalue weighted by molar-refractivity contribution is 6.63. The highest BCUT2D eigenvalue weighted by Gasteiger charge is 2.15. The van der Waals surface area contributed by atoms with Crippen LogP contribution >= 0.6 is 11.6 Å². The van der Waals surface area contributed by atoms with Gasteiger partial charge in [0.25, 0.3) is 5.91 Å². The van der Waals surface area contributed by atoms with E-state index in [9.17, 15) is 9.59 Å². The van der Waals surface area contributed by atoms with Crippen LogP contribution in [0.5, 0.6) is 17.2 Å². The number of furan rings is 1. The van der Waals surface area contributed by atoms with E-state index in [0.717, 1.165) is 0 Å². The maximum absolute atomic E-state index is 11.9. The monoisotopic (exact) mass is 365 g/mol. The number of nitrogens with one attached hydrogen (secondary N) is 1. The molecule has 0 bridgehead atoms. The topological polar surface area (TPSA) is 87.0 Å². The van der Waals surface area contributed by atoms with Crippen LogP contribution in [0.25, 0.3) is 0 Å². The van der Waals surface area contributed by atoms with E-state index in [1.807, 2.05) is 0 Å². The second kappa shape index (κ2) is 7.94. The van der Waals surface area contributed by atoms with Crippen molar-refractivity contribution in [2.24, 2.45) is 0 Å². The van der Waals surface area contributed by atoms with Crippen molar-refractivity contribution in [1.82, 2.24) is 5.32 Å². The Kier molecular flexibility index (Phi) is 5.45. The summed E-state index contributed by atoms with van der Waals surface area (Å²) in [6, 6.07) is 8.51. The number of hydrogen-bond donors (Lipinski definition) is 1. The molecule has 0 radical (unpaired) electrons. The number of hydrogen-bond acceptors (Lipinski definition) is 6. The number of fused-ring (bicyclic) bond motifs is 1. The van der Waals surface area contributed by atoms with Gasteiger partial charge in [-0.25, -0.2) is 0 Å². The molecular weight excluding hydrogens is 350 g/mol. The Morgan fingerprint density at radius 1 is 1.16 bits per heavy atom. The molecule has 0 saturated carbocycles. The molecule has 0 saturated heterocycles. The first-order chi connectivity index (χ1) is 12.1. The van der Waals surface area contributed by atoms with Gasteiger partial charge in [-0.1, -0.05) is 0 Å². The normalized spacial score (nSPS) is 12.0. The molecule has 1 N–H and O–H groups in total. The first-order valence-electron chi connectivity index (χ1n) is 7.69. The van der Waals surface area contributed by atoms with E-state index in [1.54, 1.807) is 30.3 Å². The zero-order chi connectivity index (χ0) is 17.6. The summed E-state index contributed by atoms with van der Waals surface area (Å²) in [5, 5.41) is 2.23. The number of carbonyl (C=O) groups excluding carboxylic acids is 2. The Morgan fingerprint density at radius 2 is 2.00 bits per heavy atom. The molecule has 0 aliphatic carbocycles. The lowest BCUT2D eigenvalue weighted by Gasteiger charge is -2.05. The van der Waals surface area contributed by atoms with E-state index < -0.39 is 5.24 Å². The molecule has 2 aromatic rings. The van der Waals surface area contributed by atoms with Crippen molar-refractivity contribution in [1.29, 1.82) is 0 Å². The van der Waals surface area contributed by atoms with Crippen molar-refractivity contribution in [2.75, 3.05) is 13.3 Å². The van der Waals surface area contributed by atoms with Gasteiger partial charge in [-0.15, -0.1) is 0 Å². The van der Waals surface area contributed by atoms with Crippen molar-refractivity contribution >= 4 is 22.8 Å². The molecule has 0 atom stereocenters. The van der Waals surface area contributed by atoms with E-state index in [4.69, 9.17) is 30.2 Å². The van der Waals surface area contributed by atoms with Crippen LogP contribution in [0.15, 0.2) is 34.7 Å². The van der Waals surface area contributed by atoms with Gasteiger partial charge in [0.05, 0.1) is 0 Å². The van der Waals surface area contributed by atoms with E-state index in [2.05, 4.69) is 5.32 Å². The minimum Gasteiger partial charge on any atom is -0.486 e. The van der Waals surface area contributed by atoms with Crippen molar-refractivity contribution in [3.63, 3.8) is 0 Å². The molecule has 1 aliphatic heterocycles. The van der Waals surface area contributed by atoms with Gasteiger partial charge in [-0.3, -0.25) is 9.59 Å². The third-order valence-corrected chi connectivity index (χ3v) is 3.64. The smallest absolute Gasteiger partial charge is 0.286 e. The van der Waals surface area contributed by atoms with Crippen LogP contribution < -0.4 is 19.5 Å².